The molecule has 7 nitrogen and oxygen atoms in total. The van der Waals surface area contributed by atoms with Crippen molar-refractivity contribution in [2.45, 2.75) is 9.79 Å². The number of anilines is 1. The second kappa shape index (κ2) is 7.06. The third-order valence-electron chi connectivity index (χ3n) is 3.71. The first-order valence-electron chi connectivity index (χ1n) is 7.36. The molecule has 1 aromatic heterocycles. The minimum atomic E-state index is -3.70. The van der Waals surface area contributed by atoms with E-state index in [2.05, 4.69) is 14.9 Å². The fourth-order valence-electron chi connectivity index (χ4n) is 2.44. The Labute approximate surface area is 145 Å². The van der Waals surface area contributed by atoms with Crippen LogP contribution in [-0.2, 0) is 14.8 Å². The summed E-state index contributed by atoms with van der Waals surface area (Å²) in [7, 11) is -3.70. The zero-order valence-electron chi connectivity index (χ0n) is 13.2. The Morgan fingerprint density at radius 3 is 2.46 bits per heavy atom. The molecule has 0 amide bonds. The molecule has 0 unspecified atom stereocenters. The van der Waals surface area contributed by atoms with Gasteiger partial charge in [0, 0.05) is 24.8 Å². The number of nitrogens with two attached hydrogens (primary N) is 1. The maximum absolute atomic E-state index is 11.4. The number of rotatable bonds is 4. The Bertz CT molecular complexity index is 819. The predicted molar refractivity (Wildman–Crippen MR) is 93.7 cm³/mol. The average molecular weight is 366 g/mol. The molecule has 1 saturated heterocycles. The molecule has 24 heavy (non-hydrogen) atoms. The number of hydrogen-bond donors (Lipinski definition) is 1. The van der Waals surface area contributed by atoms with Gasteiger partial charge in [-0.2, -0.15) is 0 Å². The zero-order chi connectivity index (χ0) is 17.2. The summed E-state index contributed by atoms with van der Waals surface area (Å²) in [5, 5.41) is 5.12. The van der Waals surface area contributed by atoms with E-state index in [1.54, 1.807) is 30.1 Å². The van der Waals surface area contributed by atoms with Crippen LogP contribution < -0.4 is 10.0 Å². The molecular formula is C15H18N4O3S2. The molecule has 1 fully saturated rings. The maximum Gasteiger partial charge on any atom is 0.238 e. The molecule has 0 spiro atoms. The molecule has 3 rings (SSSR count). The van der Waals surface area contributed by atoms with Gasteiger partial charge in [0.15, 0.2) is 5.82 Å². The topological polar surface area (TPSA) is 98.4 Å². The summed E-state index contributed by atoms with van der Waals surface area (Å²) in [6, 6.07) is 6.25. The number of nitrogens with zero attached hydrogens (tertiary/aromatic N) is 3. The number of ether oxygens (including phenoxy) is 1. The Morgan fingerprint density at radius 2 is 1.88 bits per heavy atom. The van der Waals surface area contributed by atoms with Gasteiger partial charge in [-0.15, -0.1) is 11.8 Å². The van der Waals surface area contributed by atoms with Crippen LogP contribution in [0, 0.1) is 0 Å². The highest BCUT2D eigenvalue weighted by molar-refractivity contribution is 7.98. The molecule has 0 aliphatic carbocycles. The van der Waals surface area contributed by atoms with Gasteiger partial charge in [-0.05, 0) is 30.5 Å². The second-order valence-corrected chi connectivity index (χ2v) is 7.66. The number of benzene rings is 1. The summed E-state index contributed by atoms with van der Waals surface area (Å²) < 4.78 is 28.1. The van der Waals surface area contributed by atoms with Crippen molar-refractivity contribution in [3.63, 3.8) is 0 Å². The van der Waals surface area contributed by atoms with Gasteiger partial charge in [0.05, 0.1) is 23.0 Å². The molecule has 128 valence electrons. The Hall–Kier alpha value is -1.68. The fraction of sp³-hybridized carbons (Fsp3) is 0.333. The Morgan fingerprint density at radius 1 is 1.21 bits per heavy atom. The van der Waals surface area contributed by atoms with Crippen molar-refractivity contribution in [2.24, 2.45) is 5.14 Å². The summed E-state index contributed by atoms with van der Waals surface area (Å²) in [4.78, 5) is 12.3. The summed E-state index contributed by atoms with van der Waals surface area (Å²) in [5.41, 5.74) is 0.740. The lowest BCUT2D eigenvalue weighted by molar-refractivity contribution is 0.122. The monoisotopic (exact) mass is 366 g/mol. The predicted octanol–water partition coefficient (Wildman–Crippen LogP) is 1.35. The minimum Gasteiger partial charge on any atom is -0.378 e. The van der Waals surface area contributed by atoms with Crippen LogP contribution in [0.1, 0.15) is 0 Å². The standard InChI is InChI=1S/C15H18N4O3S2/c1-23-13-10-17-14(18-15(13)19-6-8-22-9-7-19)11-2-4-12(5-3-11)24(16,20)21/h2-5,10H,6-9H2,1H3,(H2,16,20,21). The van der Waals surface area contributed by atoms with Crippen molar-refractivity contribution in [3.05, 3.63) is 30.5 Å². The van der Waals surface area contributed by atoms with Gasteiger partial charge in [0.25, 0.3) is 0 Å². The molecule has 1 aromatic carbocycles. The van der Waals surface area contributed by atoms with E-state index in [4.69, 9.17) is 9.88 Å². The van der Waals surface area contributed by atoms with E-state index in [0.717, 1.165) is 29.4 Å². The van der Waals surface area contributed by atoms with Gasteiger partial charge in [0.1, 0.15) is 5.82 Å². The zero-order valence-corrected chi connectivity index (χ0v) is 14.8. The van der Waals surface area contributed by atoms with Gasteiger partial charge in [-0.25, -0.2) is 23.5 Å². The van der Waals surface area contributed by atoms with Gasteiger partial charge in [-0.3, -0.25) is 0 Å². The number of hydrogen-bond acceptors (Lipinski definition) is 7. The van der Waals surface area contributed by atoms with Crippen LogP contribution in [0.3, 0.4) is 0 Å². The average Bonchev–Trinajstić information content (AvgIpc) is 2.61. The van der Waals surface area contributed by atoms with Crippen LogP contribution in [0.25, 0.3) is 11.4 Å². The lowest BCUT2D eigenvalue weighted by Crippen LogP contribution is -2.37. The molecule has 2 N–H and O–H groups in total. The lowest BCUT2D eigenvalue weighted by atomic mass is 10.2. The molecule has 2 aromatic rings. The van der Waals surface area contributed by atoms with E-state index < -0.39 is 10.0 Å². The number of primary sulfonamides is 1. The normalized spacial score (nSPS) is 15.5. The molecular weight excluding hydrogens is 348 g/mol. The number of morpholine rings is 1. The van der Waals surface area contributed by atoms with Crippen LogP contribution in [0.2, 0.25) is 0 Å². The number of sulfonamides is 1. The SMILES string of the molecule is CSc1cnc(-c2ccc(S(N)(=O)=O)cc2)nc1N1CCOCC1. The van der Waals surface area contributed by atoms with E-state index in [0.29, 0.717) is 19.0 Å². The van der Waals surface area contributed by atoms with Crippen LogP contribution in [0.15, 0.2) is 40.3 Å². The summed E-state index contributed by atoms with van der Waals surface area (Å²) in [6.07, 6.45) is 3.79. The second-order valence-electron chi connectivity index (χ2n) is 5.25. The van der Waals surface area contributed by atoms with E-state index in [-0.39, 0.29) is 4.90 Å². The fourth-order valence-corrected chi connectivity index (χ4v) is 3.47. The first-order valence-corrected chi connectivity index (χ1v) is 10.1. The molecule has 0 atom stereocenters. The number of thioether (sulfide) groups is 1. The highest BCUT2D eigenvalue weighted by Gasteiger charge is 2.18. The van der Waals surface area contributed by atoms with E-state index in [1.807, 2.05) is 6.26 Å². The van der Waals surface area contributed by atoms with E-state index in [1.165, 1.54) is 12.1 Å². The molecule has 0 radical (unpaired) electrons. The molecule has 2 heterocycles. The molecule has 1 aliphatic heterocycles. The lowest BCUT2D eigenvalue weighted by Gasteiger charge is -2.29. The van der Waals surface area contributed by atoms with Crippen molar-refractivity contribution >= 4 is 27.6 Å². The van der Waals surface area contributed by atoms with E-state index in [9.17, 15) is 8.42 Å². The van der Waals surface area contributed by atoms with Crippen LogP contribution >= 0.6 is 11.8 Å². The Balaban J connectivity index is 1.96. The largest absolute Gasteiger partial charge is 0.378 e. The minimum absolute atomic E-state index is 0.0698. The number of aromatic nitrogens is 2. The van der Waals surface area contributed by atoms with Crippen molar-refractivity contribution in [3.8, 4) is 11.4 Å². The highest BCUT2D eigenvalue weighted by atomic mass is 32.2. The van der Waals surface area contributed by atoms with Crippen molar-refractivity contribution in [1.82, 2.24) is 9.97 Å². The summed E-state index contributed by atoms with van der Waals surface area (Å²) in [5.74, 6) is 1.43. The third-order valence-corrected chi connectivity index (χ3v) is 5.36. The van der Waals surface area contributed by atoms with Crippen molar-refractivity contribution in [1.29, 1.82) is 0 Å². The van der Waals surface area contributed by atoms with Crippen LogP contribution in [0.5, 0.6) is 0 Å². The summed E-state index contributed by atoms with van der Waals surface area (Å²) >= 11 is 1.60. The van der Waals surface area contributed by atoms with Gasteiger partial charge >= 0.3 is 0 Å². The molecule has 0 saturated carbocycles. The Kier molecular flexibility index (Phi) is 5.04. The quantitative estimate of drug-likeness (QED) is 0.816. The molecule has 1 aliphatic rings. The first-order chi connectivity index (χ1) is 11.5. The molecule has 9 heteroatoms. The summed E-state index contributed by atoms with van der Waals surface area (Å²) in [6.45, 7) is 2.93. The smallest absolute Gasteiger partial charge is 0.238 e. The maximum atomic E-state index is 11.4. The van der Waals surface area contributed by atoms with Gasteiger partial charge in [-0.1, -0.05) is 0 Å². The first kappa shape index (κ1) is 17.2. The van der Waals surface area contributed by atoms with Gasteiger partial charge in [0.2, 0.25) is 10.0 Å². The van der Waals surface area contributed by atoms with Crippen LogP contribution in [-0.4, -0.2) is 50.9 Å². The van der Waals surface area contributed by atoms with Crippen LogP contribution in [0.4, 0.5) is 5.82 Å². The van der Waals surface area contributed by atoms with Crippen molar-refractivity contribution in [2.75, 3.05) is 37.5 Å². The van der Waals surface area contributed by atoms with Crippen molar-refractivity contribution < 1.29 is 13.2 Å². The molecule has 0 bridgehead atoms. The van der Waals surface area contributed by atoms with Gasteiger partial charge < -0.3 is 9.64 Å². The highest BCUT2D eigenvalue weighted by Crippen LogP contribution is 2.29. The third kappa shape index (κ3) is 3.69. The van der Waals surface area contributed by atoms with E-state index >= 15 is 0 Å².